The number of rotatable bonds is 7. The quantitative estimate of drug-likeness (QED) is 0.792. The van der Waals surface area contributed by atoms with Crippen molar-refractivity contribution in [3.63, 3.8) is 0 Å². The minimum absolute atomic E-state index is 0.0264. The fourth-order valence-electron chi connectivity index (χ4n) is 1.67. The fourth-order valence-corrected chi connectivity index (χ4v) is 1.67. The highest BCUT2D eigenvalue weighted by molar-refractivity contribution is 5.77. The second-order valence-corrected chi connectivity index (χ2v) is 4.78. The van der Waals surface area contributed by atoms with Gasteiger partial charge >= 0.3 is 0 Å². The van der Waals surface area contributed by atoms with Crippen molar-refractivity contribution < 1.29 is 14.6 Å². The lowest BCUT2D eigenvalue weighted by atomic mass is 10.1. The van der Waals surface area contributed by atoms with Crippen LogP contribution in [-0.4, -0.2) is 30.3 Å². The van der Waals surface area contributed by atoms with E-state index in [1.165, 1.54) is 5.56 Å². The molecule has 1 rings (SSSR count). The third-order valence-corrected chi connectivity index (χ3v) is 3.01. The van der Waals surface area contributed by atoms with Crippen LogP contribution in [0.5, 0.6) is 5.75 Å². The number of aryl methyl sites for hydroxylation is 2. The zero-order valence-corrected chi connectivity index (χ0v) is 11.9. The average molecular weight is 265 g/mol. The van der Waals surface area contributed by atoms with Gasteiger partial charge in [0.15, 0.2) is 6.61 Å². The maximum absolute atomic E-state index is 11.5. The van der Waals surface area contributed by atoms with Crippen molar-refractivity contribution in [1.82, 2.24) is 5.32 Å². The molecular weight excluding hydrogens is 242 g/mol. The molecule has 1 atom stereocenters. The highest BCUT2D eigenvalue weighted by Crippen LogP contribution is 2.16. The van der Waals surface area contributed by atoms with Crippen molar-refractivity contribution in [1.29, 1.82) is 0 Å². The number of benzene rings is 1. The van der Waals surface area contributed by atoms with E-state index >= 15 is 0 Å². The molecule has 0 aromatic heterocycles. The molecule has 0 bridgehead atoms. The summed E-state index contributed by atoms with van der Waals surface area (Å²) >= 11 is 0. The van der Waals surface area contributed by atoms with Gasteiger partial charge in [-0.15, -0.1) is 0 Å². The Balaban J connectivity index is 2.31. The summed E-state index contributed by atoms with van der Waals surface area (Å²) in [4.78, 5) is 11.5. The van der Waals surface area contributed by atoms with Crippen molar-refractivity contribution in [3.05, 3.63) is 29.3 Å². The lowest BCUT2D eigenvalue weighted by Gasteiger charge is -2.11. The summed E-state index contributed by atoms with van der Waals surface area (Å²) in [6, 6.07) is 5.73. The van der Waals surface area contributed by atoms with Gasteiger partial charge in [0.1, 0.15) is 5.75 Å². The van der Waals surface area contributed by atoms with Crippen LogP contribution in [0.4, 0.5) is 0 Å². The Labute approximate surface area is 114 Å². The molecular formula is C15H23NO3. The van der Waals surface area contributed by atoms with Crippen LogP contribution in [0.2, 0.25) is 0 Å². The van der Waals surface area contributed by atoms with Gasteiger partial charge in [-0.2, -0.15) is 0 Å². The first-order chi connectivity index (χ1) is 9.02. The molecule has 19 heavy (non-hydrogen) atoms. The zero-order chi connectivity index (χ0) is 14.3. The largest absolute Gasteiger partial charge is 0.484 e. The first kappa shape index (κ1) is 15.5. The van der Waals surface area contributed by atoms with E-state index in [1.807, 2.05) is 39.0 Å². The lowest BCUT2D eigenvalue weighted by molar-refractivity contribution is -0.123. The molecule has 106 valence electrons. The van der Waals surface area contributed by atoms with Crippen LogP contribution >= 0.6 is 0 Å². The van der Waals surface area contributed by atoms with Gasteiger partial charge in [0, 0.05) is 6.54 Å². The summed E-state index contributed by atoms with van der Waals surface area (Å²) in [5, 5.41) is 12.1. The number of hydrogen-bond acceptors (Lipinski definition) is 3. The molecule has 4 heteroatoms. The van der Waals surface area contributed by atoms with Gasteiger partial charge in [-0.25, -0.2) is 0 Å². The van der Waals surface area contributed by atoms with Crippen LogP contribution in [0, 0.1) is 13.8 Å². The van der Waals surface area contributed by atoms with Crippen molar-refractivity contribution in [2.45, 2.75) is 39.7 Å². The van der Waals surface area contributed by atoms with E-state index < -0.39 is 6.10 Å². The predicted octanol–water partition coefficient (Wildman–Crippen LogP) is 1.96. The smallest absolute Gasteiger partial charge is 0.258 e. The maximum atomic E-state index is 11.5. The number of amides is 1. The minimum Gasteiger partial charge on any atom is -0.484 e. The van der Waals surface area contributed by atoms with E-state index in [2.05, 4.69) is 5.32 Å². The van der Waals surface area contributed by atoms with Crippen LogP contribution in [-0.2, 0) is 4.79 Å². The topological polar surface area (TPSA) is 58.6 Å². The number of carbonyl (C=O) groups excluding carboxylic acids is 1. The summed E-state index contributed by atoms with van der Waals surface area (Å²) in [6.45, 7) is 6.28. The molecule has 1 amide bonds. The molecule has 0 saturated heterocycles. The Morgan fingerprint density at radius 2 is 2.11 bits per heavy atom. The Hall–Kier alpha value is -1.55. The Morgan fingerprint density at radius 1 is 1.37 bits per heavy atom. The van der Waals surface area contributed by atoms with E-state index in [4.69, 9.17) is 4.74 Å². The summed E-state index contributed by atoms with van der Waals surface area (Å²) in [7, 11) is 0. The summed E-state index contributed by atoms with van der Waals surface area (Å²) < 4.78 is 5.40. The average Bonchev–Trinajstić information content (AvgIpc) is 2.38. The third kappa shape index (κ3) is 5.75. The third-order valence-electron chi connectivity index (χ3n) is 3.01. The van der Waals surface area contributed by atoms with Crippen LogP contribution in [0.25, 0.3) is 0 Å². The van der Waals surface area contributed by atoms with E-state index in [9.17, 15) is 9.90 Å². The first-order valence-corrected chi connectivity index (χ1v) is 6.67. The van der Waals surface area contributed by atoms with Crippen LogP contribution < -0.4 is 10.1 Å². The van der Waals surface area contributed by atoms with Gasteiger partial charge in [-0.05, 0) is 43.5 Å². The lowest BCUT2D eigenvalue weighted by Crippen LogP contribution is -2.35. The maximum Gasteiger partial charge on any atom is 0.258 e. The van der Waals surface area contributed by atoms with E-state index in [0.717, 1.165) is 12.0 Å². The van der Waals surface area contributed by atoms with E-state index in [0.29, 0.717) is 12.2 Å². The van der Waals surface area contributed by atoms with Crippen LogP contribution in [0.1, 0.15) is 30.9 Å². The molecule has 0 aliphatic carbocycles. The number of aliphatic hydroxyl groups is 1. The predicted molar refractivity (Wildman–Crippen MR) is 75.3 cm³/mol. The van der Waals surface area contributed by atoms with Crippen LogP contribution in [0.15, 0.2) is 18.2 Å². The monoisotopic (exact) mass is 265 g/mol. The van der Waals surface area contributed by atoms with E-state index in [-0.39, 0.29) is 19.1 Å². The Bertz CT molecular complexity index is 418. The van der Waals surface area contributed by atoms with Gasteiger partial charge in [0.05, 0.1) is 6.10 Å². The minimum atomic E-state index is -0.476. The molecule has 0 fully saturated rings. The molecule has 1 unspecified atom stereocenters. The Kier molecular flexibility index (Phi) is 6.36. The number of hydrogen-bond donors (Lipinski definition) is 2. The summed E-state index contributed by atoms with van der Waals surface area (Å²) in [5.41, 5.74) is 2.33. The van der Waals surface area contributed by atoms with Crippen molar-refractivity contribution in [2.75, 3.05) is 13.2 Å². The molecule has 2 N–H and O–H groups in total. The highest BCUT2D eigenvalue weighted by atomic mass is 16.5. The van der Waals surface area contributed by atoms with Gasteiger partial charge in [0.25, 0.3) is 5.91 Å². The first-order valence-electron chi connectivity index (χ1n) is 6.67. The molecule has 0 heterocycles. The normalized spacial score (nSPS) is 12.0. The summed E-state index contributed by atoms with van der Waals surface area (Å²) in [6.07, 6.45) is 1.12. The number of ether oxygens (including phenoxy) is 1. The van der Waals surface area contributed by atoms with Gasteiger partial charge in [-0.3, -0.25) is 4.79 Å². The number of carbonyl (C=O) groups is 1. The summed E-state index contributed by atoms with van der Waals surface area (Å²) in [5.74, 6) is 0.473. The SMILES string of the molecule is CCCC(O)CNC(=O)COc1ccc(C)c(C)c1. The number of aliphatic hydroxyl groups excluding tert-OH is 1. The van der Waals surface area contributed by atoms with Crippen molar-refractivity contribution in [2.24, 2.45) is 0 Å². The van der Waals surface area contributed by atoms with Gasteiger partial charge in [-0.1, -0.05) is 19.4 Å². The molecule has 1 aromatic rings. The second-order valence-electron chi connectivity index (χ2n) is 4.78. The molecule has 0 spiro atoms. The molecule has 0 saturated carbocycles. The van der Waals surface area contributed by atoms with Crippen LogP contribution in [0.3, 0.4) is 0 Å². The van der Waals surface area contributed by atoms with E-state index in [1.54, 1.807) is 0 Å². The molecule has 4 nitrogen and oxygen atoms in total. The molecule has 0 radical (unpaired) electrons. The number of nitrogens with one attached hydrogen (secondary N) is 1. The molecule has 0 aliphatic heterocycles. The fraction of sp³-hybridized carbons (Fsp3) is 0.533. The standard InChI is InChI=1S/C15H23NO3/c1-4-5-13(17)9-16-15(18)10-19-14-7-6-11(2)12(3)8-14/h6-8,13,17H,4-5,9-10H2,1-3H3,(H,16,18). The zero-order valence-electron chi connectivity index (χ0n) is 11.9. The molecule has 1 aromatic carbocycles. The second kappa shape index (κ2) is 7.79. The highest BCUT2D eigenvalue weighted by Gasteiger charge is 2.07. The Morgan fingerprint density at radius 3 is 2.74 bits per heavy atom. The molecule has 0 aliphatic rings. The van der Waals surface area contributed by atoms with Crippen molar-refractivity contribution >= 4 is 5.91 Å². The van der Waals surface area contributed by atoms with Gasteiger partial charge in [0.2, 0.25) is 0 Å². The van der Waals surface area contributed by atoms with Crippen molar-refractivity contribution in [3.8, 4) is 5.75 Å². The van der Waals surface area contributed by atoms with Gasteiger partial charge < -0.3 is 15.2 Å².